The second kappa shape index (κ2) is 3.19. The van der Waals surface area contributed by atoms with Gasteiger partial charge in [0.05, 0.1) is 0 Å². The van der Waals surface area contributed by atoms with Crippen LogP contribution in [0.1, 0.15) is 13.8 Å². The van der Waals surface area contributed by atoms with Gasteiger partial charge >= 0.3 is 18.4 Å². The summed E-state index contributed by atoms with van der Waals surface area (Å²) in [6, 6.07) is -0.196. The van der Waals surface area contributed by atoms with Gasteiger partial charge < -0.3 is 4.10 Å². The summed E-state index contributed by atoms with van der Waals surface area (Å²) in [5.74, 6) is 0. The molecule has 6 heteroatoms. The molecule has 0 rings (SSSR count). The first-order valence-corrected chi connectivity index (χ1v) is 3.79. The van der Waals surface area contributed by atoms with E-state index in [-0.39, 0.29) is 6.04 Å². The molecule has 0 bridgehead atoms. The van der Waals surface area contributed by atoms with Crippen molar-refractivity contribution in [3.63, 3.8) is 0 Å². The highest BCUT2D eigenvalue weighted by molar-refractivity contribution is 7.85. The van der Waals surface area contributed by atoms with Crippen LogP contribution in [0.5, 0.6) is 0 Å². The minimum Gasteiger partial charge on any atom is -0.336 e. The van der Waals surface area contributed by atoms with E-state index in [0.717, 1.165) is 0 Å². The first-order chi connectivity index (χ1) is 3.98. The van der Waals surface area contributed by atoms with E-state index in [9.17, 15) is 8.42 Å². The summed E-state index contributed by atoms with van der Waals surface area (Å²) in [6.07, 6.45) is 0. The van der Waals surface area contributed by atoms with E-state index in [2.05, 4.69) is 16.9 Å². The van der Waals surface area contributed by atoms with Crippen LogP contribution in [0.3, 0.4) is 0 Å². The molecule has 2 radical (unpaired) electrons. The molecule has 9 heavy (non-hydrogen) atoms. The molecule has 0 heterocycles. The van der Waals surface area contributed by atoms with Crippen molar-refractivity contribution in [1.82, 2.24) is 4.72 Å². The fourth-order valence-corrected chi connectivity index (χ4v) is 0.949. The number of hydrogen-bond acceptors (Lipinski definition) is 3. The van der Waals surface area contributed by atoms with Gasteiger partial charge in [0.2, 0.25) is 0 Å². The van der Waals surface area contributed by atoms with Crippen LogP contribution in [-0.2, 0) is 14.4 Å². The SMILES string of the molecule is [B]OS(=O)(=O)NC(C)C. The average molecular weight is 149 g/mol. The first kappa shape index (κ1) is 8.93. The number of nitrogens with one attached hydrogen (secondary N) is 1. The molecule has 0 saturated heterocycles. The molecule has 52 valence electrons. The second-order valence-electron chi connectivity index (χ2n) is 1.82. The average Bonchev–Trinajstić information content (AvgIpc) is 1.63. The van der Waals surface area contributed by atoms with E-state index in [1.54, 1.807) is 13.8 Å². The van der Waals surface area contributed by atoms with Gasteiger partial charge in [0.25, 0.3) is 0 Å². The van der Waals surface area contributed by atoms with E-state index in [1.807, 2.05) is 0 Å². The van der Waals surface area contributed by atoms with Gasteiger partial charge in [-0.3, -0.25) is 0 Å². The normalized spacial score (nSPS) is 12.3. The third-order valence-electron chi connectivity index (χ3n) is 0.507. The molecule has 0 aliphatic carbocycles. The van der Waals surface area contributed by atoms with Crippen molar-refractivity contribution in [2.45, 2.75) is 19.9 Å². The van der Waals surface area contributed by atoms with E-state index >= 15 is 0 Å². The standard InChI is InChI=1S/C3H8BNO3S/c1-3(2)5-9(6,7)8-4/h3,5H,1-2H3. The third-order valence-corrected chi connectivity index (χ3v) is 1.52. The molecule has 0 fully saturated rings. The van der Waals surface area contributed by atoms with Crippen LogP contribution in [0.15, 0.2) is 0 Å². The van der Waals surface area contributed by atoms with Gasteiger partial charge in [-0.2, -0.15) is 13.1 Å². The third kappa shape index (κ3) is 4.44. The molecule has 0 aromatic heterocycles. The summed E-state index contributed by atoms with van der Waals surface area (Å²) in [5.41, 5.74) is 0. The molecule has 0 aromatic rings. The van der Waals surface area contributed by atoms with Crippen LogP contribution >= 0.6 is 0 Å². The second-order valence-corrected chi connectivity index (χ2v) is 3.16. The lowest BCUT2D eigenvalue weighted by Crippen LogP contribution is -2.31. The fraction of sp³-hybridized carbons (Fsp3) is 1.00. The van der Waals surface area contributed by atoms with Crippen molar-refractivity contribution in [3.05, 3.63) is 0 Å². The molecule has 0 amide bonds. The monoisotopic (exact) mass is 149 g/mol. The lowest BCUT2D eigenvalue weighted by atomic mass is 10.4. The smallest absolute Gasteiger partial charge is 0.321 e. The molecule has 0 aliphatic heterocycles. The van der Waals surface area contributed by atoms with Crippen molar-refractivity contribution >= 4 is 18.4 Å². The summed E-state index contributed by atoms with van der Waals surface area (Å²) in [5, 5.41) is 0. The number of hydrogen-bond donors (Lipinski definition) is 1. The highest BCUT2D eigenvalue weighted by Gasteiger charge is 2.07. The lowest BCUT2D eigenvalue weighted by molar-refractivity contribution is 0.483. The predicted octanol–water partition coefficient (Wildman–Crippen LogP) is -0.671. The van der Waals surface area contributed by atoms with Gasteiger partial charge in [-0.25, -0.2) is 0 Å². The van der Waals surface area contributed by atoms with Gasteiger partial charge in [0.1, 0.15) is 0 Å². The molecular weight excluding hydrogens is 141 g/mol. The van der Waals surface area contributed by atoms with Crippen LogP contribution in [-0.4, -0.2) is 22.5 Å². The largest absolute Gasteiger partial charge is 0.336 e. The Morgan fingerprint density at radius 2 is 2.00 bits per heavy atom. The maximum atomic E-state index is 10.4. The summed E-state index contributed by atoms with van der Waals surface area (Å²) >= 11 is 0. The quantitative estimate of drug-likeness (QED) is 0.541. The summed E-state index contributed by atoms with van der Waals surface area (Å²) in [7, 11) is 0.713. The Hall–Kier alpha value is -0.0651. The molecule has 0 aromatic carbocycles. The van der Waals surface area contributed by atoms with E-state index in [4.69, 9.17) is 0 Å². The molecule has 0 unspecified atom stereocenters. The van der Waals surface area contributed by atoms with Crippen LogP contribution in [0, 0.1) is 0 Å². The van der Waals surface area contributed by atoms with Crippen LogP contribution in [0.4, 0.5) is 0 Å². The van der Waals surface area contributed by atoms with Gasteiger partial charge in [0.15, 0.2) is 0 Å². The Labute approximate surface area is 56.3 Å². The fourth-order valence-electron chi connectivity index (χ4n) is 0.316. The molecule has 0 aliphatic rings. The predicted molar refractivity (Wildman–Crippen MR) is 34.0 cm³/mol. The van der Waals surface area contributed by atoms with Crippen LogP contribution < -0.4 is 4.72 Å². The Morgan fingerprint density at radius 3 is 2.11 bits per heavy atom. The Kier molecular flexibility index (Phi) is 3.17. The van der Waals surface area contributed by atoms with Crippen molar-refractivity contribution < 1.29 is 12.5 Å². The number of rotatable bonds is 3. The van der Waals surface area contributed by atoms with Gasteiger partial charge in [0, 0.05) is 6.04 Å². The Morgan fingerprint density at radius 1 is 1.56 bits per heavy atom. The van der Waals surface area contributed by atoms with Crippen molar-refractivity contribution in [2.24, 2.45) is 0 Å². The van der Waals surface area contributed by atoms with Gasteiger partial charge in [-0.1, -0.05) is 0 Å². The molecule has 1 N–H and O–H groups in total. The highest BCUT2D eigenvalue weighted by Crippen LogP contribution is 1.85. The molecule has 0 saturated carbocycles. The zero-order valence-electron chi connectivity index (χ0n) is 5.29. The Bertz CT molecular complexity index is 164. The maximum Gasteiger partial charge on any atom is 0.321 e. The Balaban J connectivity index is 3.90. The molecule has 0 atom stereocenters. The maximum absolute atomic E-state index is 10.4. The highest BCUT2D eigenvalue weighted by atomic mass is 32.2. The van der Waals surface area contributed by atoms with Crippen molar-refractivity contribution in [3.8, 4) is 0 Å². The van der Waals surface area contributed by atoms with E-state index in [0.29, 0.717) is 0 Å². The minimum atomic E-state index is -3.69. The first-order valence-electron chi connectivity index (χ1n) is 2.38. The van der Waals surface area contributed by atoms with Crippen LogP contribution in [0.25, 0.3) is 0 Å². The topological polar surface area (TPSA) is 55.4 Å². The summed E-state index contributed by atoms with van der Waals surface area (Å²) in [4.78, 5) is 0. The van der Waals surface area contributed by atoms with E-state index in [1.165, 1.54) is 0 Å². The minimum absolute atomic E-state index is 0.196. The zero-order valence-corrected chi connectivity index (χ0v) is 6.10. The molecule has 0 spiro atoms. The lowest BCUT2D eigenvalue weighted by Gasteiger charge is -2.05. The van der Waals surface area contributed by atoms with Gasteiger partial charge in [-0.15, -0.1) is 0 Å². The van der Waals surface area contributed by atoms with E-state index < -0.39 is 10.3 Å². The van der Waals surface area contributed by atoms with Crippen molar-refractivity contribution in [1.29, 1.82) is 0 Å². The van der Waals surface area contributed by atoms with Crippen LogP contribution in [0.2, 0.25) is 0 Å². The summed E-state index contributed by atoms with van der Waals surface area (Å²) in [6.45, 7) is 3.33. The molecular formula is C3H8BNO3S. The van der Waals surface area contributed by atoms with Crippen molar-refractivity contribution in [2.75, 3.05) is 0 Å². The zero-order chi connectivity index (χ0) is 7.49. The summed E-state index contributed by atoms with van der Waals surface area (Å²) < 4.78 is 26.4. The molecule has 4 nitrogen and oxygen atoms in total. The van der Waals surface area contributed by atoms with Gasteiger partial charge in [-0.05, 0) is 13.8 Å².